The van der Waals surface area contributed by atoms with Gasteiger partial charge in [-0.1, -0.05) is 12.1 Å². The van der Waals surface area contributed by atoms with Crippen molar-refractivity contribution in [1.29, 1.82) is 0 Å². The van der Waals surface area contributed by atoms with E-state index in [1.54, 1.807) is 17.4 Å². The average Bonchev–Trinajstić information content (AvgIpc) is 3.04. The zero-order chi connectivity index (χ0) is 16.9. The van der Waals surface area contributed by atoms with E-state index in [0.717, 1.165) is 20.8 Å². The highest BCUT2D eigenvalue weighted by Crippen LogP contribution is 2.35. The SMILES string of the molecule is COCOc1ccc(-c2nc3ccccc3s2)cc1NC(=O)CCl. The topological polar surface area (TPSA) is 60.5 Å². The number of carbonyl (C=O) groups is 1. The summed E-state index contributed by atoms with van der Waals surface area (Å²) in [7, 11) is 1.53. The third-order valence-electron chi connectivity index (χ3n) is 3.25. The molecule has 0 saturated carbocycles. The van der Waals surface area contributed by atoms with Gasteiger partial charge in [0.2, 0.25) is 5.91 Å². The summed E-state index contributed by atoms with van der Waals surface area (Å²) in [5, 5.41) is 3.61. The van der Waals surface area contributed by atoms with Crippen LogP contribution in [0.1, 0.15) is 0 Å². The number of hydrogen-bond donors (Lipinski definition) is 1. The fourth-order valence-electron chi connectivity index (χ4n) is 2.19. The number of hydrogen-bond acceptors (Lipinski definition) is 5. The Bertz CT molecular complexity index is 833. The lowest BCUT2D eigenvalue weighted by Gasteiger charge is -2.12. The lowest BCUT2D eigenvalue weighted by molar-refractivity contribution is -0.113. The molecule has 0 fully saturated rings. The van der Waals surface area contributed by atoms with Gasteiger partial charge in [0.25, 0.3) is 0 Å². The molecule has 124 valence electrons. The molecule has 2 aromatic carbocycles. The number of benzene rings is 2. The number of carbonyl (C=O) groups excluding carboxylic acids is 1. The van der Waals surface area contributed by atoms with Gasteiger partial charge >= 0.3 is 0 Å². The highest BCUT2D eigenvalue weighted by Gasteiger charge is 2.12. The second-order valence-electron chi connectivity index (χ2n) is 4.93. The molecule has 1 amide bonds. The van der Waals surface area contributed by atoms with Crippen LogP contribution in [0.5, 0.6) is 5.75 Å². The van der Waals surface area contributed by atoms with Crippen LogP contribution in [-0.2, 0) is 9.53 Å². The molecule has 1 N–H and O–H groups in total. The van der Waals surface area contributed by atoms with Crippen molar-refractivity contribution in [2.24, 2.45) is 0 Å². The summed E-state index contributed by atoms with van der Waals surface area (Å²) >= 11 is 7.17. The van der Waals surface area contributed by atoms with Crippen LogP contribution in [0.15, 0.2) is 42.5 Å². The Labute approximate surface area is 148 Å². The summed E-state index contributed by atoms with van der Waals surface area (Å²) in [4.78, 5) is 16.3. The number of aromatic nitrogens is 1. The molecule has 7 heteroatoms. The third kappa shape index (κ3) is 3.67. The first-order chi connectivity index (χ1) is 11.7. The summed E-state index contributed by atoms with van der Waals surface area (Å²) in [5.74, 6) is 0.0790. The van der Waals surface area contributed by atoms with Gasteiger partial charge in [-0.05, 0) is 30.3 Å². The van der Waals surface area contributed by atoms with Crippen molar-refractivity contribution in [3.05, 3.63) is 42.5 Å². The number of nitrogens with one attached hydrogen (secondary N) is 1. The van der Waals surface area contributed by atoms with Crippen LogP contribution < -0.4 is 10.1 Å². The van der Waals surface area contributed by atoms with Crippen LogP contribution in [0.4, 0.5) is 5.69 Å². The quantitative estimate of drug-likeness (QED) is 0.529. The zero-order valence-electron chi connectivity index (χ0n) is 12.9. The number of alkyl halides is 1. The molecule has 5 nitrogen and oxygen atoms in total. The molecule has 1 heterocycles. The molecule has 24 heavy (non-hydrogen) atoms. The van der Waals surface area contributed by atoms with Gasteiger partial charge in [0.15, 0.2) is 6.79 Å². The molecule has 0 aliphatic carbocycles. The van der Waals surface area contributed by atoms with Gasteiger partial charge in [-0.25, -0.2) is 4.98 Å². The highest BCUT2D eigenvalue weighted by molar-refractivity contribution is 7.21. The predicted molar refractivity (Wildman–Crippen MR) is 96.9 cm³/mol. The van der Waals surface area contributed by atoms with E-state index >= 15 is 0 Å². The Morgan fingerprint density at radius 3 is 2.88 bits per heavy atom. The number of ether oxygens (including phenoxy) is 2. The first-order valence-electron chi connectivity index (χ1n) is 7.19. The number of thiazole rings is 1. The van der Waals surface area contributed by atoms with Crippen LogP contribution in [0.3, 0.4) is 0 Å². The predicted octanol–water partition coefficient (Wildman–Crippen LogP) is 4.12. The molecule has 0 saturated heterocycles. The van der Waals surface area contributed by atoms with Crippen LogP contribution in [0.2, 0.25) is 0 Å². The minimum atomic E-state index is -0.305. The summed E-state index contributed by atoms with van der Waals surface area (Å²) in [6.45, 7) is 0.0875. The third-order valence-corrected chi connectivity index (χ3v) is 4.58. The number of halogens is 1. The maximum absolute atomic E-state index is 11.7. The second kappa shape index (κ2) is 7.61. The molecule has 0 atom stereocenters. The molecule has 0 bridgehead atoms. The van der Waals surface area contributed by atoms with E-state index in [4.69, 9.17) is 21.1 Å². The van der Waals surface area contributed by atoms with E-state index in [1.165, 1.54) is 7.11 Å². The smallest absolute Gasteiger partial charge is 0.239 e. The van der Waals surface area contributed by atoms with Gasteiger partial charge in [-0.15, -0.1) is 22.9 Å². The largest absolute Gasteiger partial charge is 0.465 e. The van der Waals surface area contributed by atoms with Crippen molar-refractivity contribution < 1.29 is 14.3 Å². The minimum Gasteiger partial charge on any atom is -0.465 e. The van der Waals surface area contributed by atoms with E-state index in [2.05, 4.69) is 10.3 Å². The van der Waals surface area contributed by atoms with E-state index in [-0.39, 0.29) is 18.6 Å². The van der Waals surface area contributed by atoms with Crippen molar-refractivity contribution in [2.75, 3.05) is 25.1 Å². The van der Waals surface area contributed by atoms with Crippen LogP contribution in [-0.4, -0.2) is 30.7 Å². The van der Waals surface area contributed by atoms with Gasteiger partial charge in [0.05, 0.1) is 15.9 Å². The number of para-hydroxylation sites is 1. The van der Waals surface area contributed by atoms with E-state index < -0.39 is 0 Å². The lowest BCUT2D eigenvalue weighted by Crippen LogP contribution is -2.14. The Morgan fingerprint density at radius 1 is 1.29 bits per heavy atom. The summed E-state index contributed by atoms with van der Waals surface area (Å²) in [6.07, 6.45) is 0. The number of methoxy groups -OCH3 is 1. The van der Waals surface area contributed by atoms with Gasteiger partial charge < -0.3 is 14.8 Å². The van der Waals surface area contributed by atoms with Gasteiger partial charge in [-0.2, -0.15) is 0 Å². The molecule has 0 aliphatic rings. The van der Waals surface area contributed by atoms with Crippen LogP contribution in [0, 0.1) is 0 Å². The minimum absolute atomic E-state index is 0.0875. The summed E-state index contributed by atoms with van der Waals surface area (Å²) < 4.78 is 11.5. The van der Waals surface area contributed by atoms with Gasteiger partial charge in [-0.3, -0.25) is 4.79 Å². The van der Waals surface area contributed by atoms with Crippen molar-refractivity contribution in [3.8, 4) is 16.3 Å². The van der Waals surface area contributed by atoms with E-state index in [9.17, 15) is 4.79 Å². The second-order valence-corrected chi connectivity index (χ2v) is 6.23. The number of anilines is 1. The fraction of sp³-hybridized carbons (Fsp3) is 0.176. The molecule has 0 spiro atoms. The monoisotopic (exact) mass is 362 g/mol. The molecule has 0 aliphatic heterocycles. The maximum Gasteiger partial charge on any atom is 0.239 e. The maximum atomic E-state index is 11.7. The lowest BCUT2D eigenvalue weighted by atomic mass is 10.2. The molecule has 3 rings (SSSR count). The van der Waals surface area contributed by atoms with Crippen molar-refractivity contribution in [2.45, 2.75) is 0 Å². The fourth-order valence-corrected chi connectivity index (χ4v) is 3.22. The molecular weight excluding hydrogens is 348 g/mol. The normalized spacial score (nSPS) is 10.8. The van der Waals surface area contributed by atoms with E-state index in [0.29, 0.717) is 11.4 Å². The number of fused-ring (bicyclic) bond motifs is 1. The Morgan fingerprint density at radius 2 is 2.12 bits per heavy atom. The van der Waals surface area contributed by atoms with Gasteiger partial charge in [0, 0.05) is 12.7 Å². The van der Waals surface area contributed by atoms with Crippen molar-refractivity contribution in [3.63, 3.8) is 0 Å². The highest BCUT2D eigenvalue weighted by atomic mass is 35.5. The summed E-state index contributed by atoms with van der Waals surface area (Å²) in [6, 6.07) is 13.5. The van der Waals surface area contributed by atoms with E-state index in [1.807, 2.05) is 36.4 Å². The molecule has 0 unspecified atom stereocenters. The Hall–Kier alpha value is -2.15. The summed E-state index contributed by atoms with van der Waals surface area (Å²) in [5.41, 5.74) is 2.38. The van der Waals surface area contributed by atoms with Crippen LogP contribution in [0.25, 0.3) is 20.8 Å². The Balaban J connectivity index is 1.98. The Kier molecular flexibility index (Phi) is 5.30. The average molecular weight is 363 g/mol. The molecule has 1 aromatic heterocycles. The van der Waals surface area contributed by atoms with Crippen LogP contribution >= 0.6 is 22.9 Å². The zero-order valence-corrected chi connectivity index (χ0v) is 14.5. The number of amides is 1. The van der Waals surface area contributed by atoms with Gasteiger partial charge in [0.1, 0.15) is 16.6 Å². The standard InChI is InChI=1S/C17H15ClN2O3S/c1-22-10-23-14-7-6-11(8-13(14)19-16(21)9-18)17-20-12-4-2-3-5-15(12)24-17/h2-8H,9-10H2,1H3,(H,19,21). The van der Waals surface area contributed by atoms with Crippen molar-refractivity contribution in [1.82, 2.24) is 4.98 Å². The molecule has 3 aromatic rings. The first kappa shape index (κ1) is 16.7. The molecule has 0 radical (unpaired) electrons. The number of nitrogens with zero attached hydrogens (tertiary/aromatic N) is 1. The number of rotatable bonds is 6. The first-order valence-corrected chi connectivity index (χ1v) is 8.54. The molecular formula is C17H15ClN2O3S. The van der Waals surface area contributed by atoms with Crippen molar-refractivity contribution >= 4 is 44.7 Å².